The van der Waals surface area contributed by atoms with Gasteiger partial charge < -0.3 is 14.9 Å². The minimum Gasteiger partial charge on any atom is -0.478 e. The lowest BCUT2D eigenvalue weighted by atomic mass is 10.0. The van der Waals surface area contributed by atoms with E-state index < -0.39 is 5.97 Å². The van der Waals surface area contributed by atoms with Gasteiger partial charge in [-0.1, -0.05) is 29.4 Å². The zero-order chi connectivity index (χ0) is 18.7. The molecule has 0 aliphatic carbocycles. The Hall–Kier alpha value is -2.14. The second kappa shape index (κ2) is 11.4. The average molecular weight is 348 g/mol. The maximum absolute atomic E-state index is 11.3. The van der Waals surface area contributed by atoms with Crippen LogP contribution in [0.3, 0.4) is 0 Å². The van der Waals surface area contributed by atoms with Crippen molar-refractivity contribution in [3.05, 3.63) is 46.6 Å². The van der Waals surface area contributed by atoms with Crippen LogP contribution in [0.15, 0.2) is 46.6 Å². The van der Waals surface area contributed by atoms with Gasteiger partial charge in [0.2, 0.25) is 0 Å². The number of carboxylic acids is 1. The third kappa shape index (κ3) is 9.05. The van der Waals surface area contributed by atoms with Gasteiger partial charge in [-0.2, -0.15) is 0 Å². The number of aliphatic carboxylic acids is 1. The van der Waals surface area contributed by atoms with Crippen LogP contribution in [0.25, 0.3) is 0 Å². The lowest BCUT2D eigenvalue weighted by Crippen LogP contribution is -2.00. The quantitative estimate of drug-likeness (QED) is 0.338. The molecule has 0 aromatic rings. The molecule has 5 nitrogen and oxygen atoms in total. The first-order valence-corrected chi connectivity index (χ1v) is 8.63. The SMILES string of the molecule is C/C(=C/CC/C(=C\CC/C(C)=C/CCC1=CC(=O)OC1)C(=O)O)CO. The molecule has 0 bridgehead atoms. The predicted octanol–water partition coefficient (Wildman–Crippen LogP) is 3.71. The van der Waals surface area contributed by atoms with Crippen molar-refractivity contribution >= 4 is 11.9 Å². The number of rotatable bonds is 11. The van der Waals surface area contributed by atoms with E-state index in [1.165, 1.54) is 5.57 Å². The van der Waals surface area contributed by atoms with Gasteiger partial charge in [0.15, 0.2) is 0 Å². The average Bonchev–Trinajstić information content (AvgIpc) is 2.98. The fourth-order valence-corrected chi connectivity index (χ4v) is 2.47. The summed E-state index contributed by atoms with van der Waals surface area (Å²) in [5.74, 6) is -1.14. The van der Waals surface area contributed by atoms with Gasteiger partial charge in [0, 0.05) is 11.6 Å². The van der Waals surface area contributed by atoms with Gasteiger partial charge in [-0.05, 0) is 57.9 Å². The highest BCUT2D eigenvalue weighted by atomic mass is 16.5. The molecule has 0 fully saturated rings. The van der Waals surface area contributed by atoms with Crippen molar-refractivity contribution in [1.29, 1.82) is 0 Å². The van der Waals surface area contributed by atoms with E-state index in [0.29, 0.717) is 31.4 Å². The van der Waals surface area contributed by atoms with E-state index in [2.05, 4.69) is 6.08 Å². The molecule has 0 saturated carbocycles. The van der Waals surface area contributed by atoms with Crippen molar-refractivity contribution in [3.63, 3.8) is 0 Å². The Balaban J connectivity index is 2.38. The maximum Gasteiger partial charge on any atom is 0.331 e. The summed E-state index contributed by atoms with van der Waals surface area (Å²) in [7, 11) is 0. The number of carbonyl (C=O) groups is 2. The van der Waals surface area contributed by atoms with Crippen molar-refractivity contribution in [2.24, 2.45) is 0 Å². The molecule has 1 heterocycles. The van der Waals surface area contributed by atoms with Crippen molar-refractivity contribution in [3.8, 4) is 0 Å². The molecule has 0 aromatic heterocycles. The molecular weight excluding hydrogens is 320 g/mol. The number of cyclic esters (lactones) is 1. The number of hydrogen-bond donors (Lipinski definition) is 2. The van der Waals surface area contributed by atoms with Crippen LogP contribution in [0.4, 0.5) is 0 Å². The lowest BCUT2D eigenvalue weighted by molar-refractivity contribution is -0.135. The Kier molecular flexibility index (Phi) is 9.55. The number of hydrogen-bond acceptors (Lipinski definition) is 4. The molecule has 0 spiro atoms. The normalized spacial score (nSPS) is 16.0. The fraction of sp³-hybridized carbons (Fsp3) is 0.500. The van der Waals surface area contributed by atoms with Gasteiger partial charge in [0.25, 0.3) is 0 Å². The van der Waals surface area contributed by atoms with E-state index >= 15 is 0 Å². The first kappa shape index (κ1) is 20.9. The number of carboxylic acid groups (broad SMARTS) is 1. The third-order valence-corrected chi connectivity index (χ3v) is 4.04. The molecule has 1 rings (SSSR count). The van der Waals surface area contributed by atoms with Crippen LogP contribution in [0.2, 0.25) is 0 Å². The minimum absolute atomic E-state index is 0.00724. The highest BCUT2D eigenvalue weighted by Gasteiger charge is 2.11. The summed E-state index contributed by atoms with van der Waals surface area (Å²) in [6, 6.07) is 0. The van der Waals surface area contributed by atoms with Crippen molar-refractivity contribution in [2.45, 2.75) is 52.4 Å². The summed E-state index contributed by atoms with van der Waals surface area (Å²) < 4.78 is 4.86. The number of ether oxygens (including phenoxy) is 1. The molecule has 0 atom stereocenters. The van der Waals surface area contributed by atoms with Crippen LogP contribution in [0, 0.1) is 0 Å². The highest BCUT2D eigenvalue weighted by molar-refractivity contribution is 5.86. The molecule has 25 heavy (non-hydrogen) atoms. The van der Waals surface area contributed by atoms with Crippen LogP contribution in [0.5, 0.6) is 0 Å². The minimum atomic E-state index is -0.880. The first-order valence-electron chi connectivity index (χ1n) is 8.63. The molecule has 0 saturated heterocycles. The van der Waals surface area contributed by atoms with E-state index in [0.717, 1.165) is 30.4 Å². The summed E-state index contributed by atoms with van der Waals surface area (Å²) in [4.78, 5) is 22.2. The maximum atomic E-state index is 11.3. The monoisotopic (exact) mass is 348 g/mol. The molecule has 1 aliphatic rings. The van der Waals surface area contributed by atoms with Gasteiger partial charge in [0.05, 0.1) is 6.61 Å². The van der Waals surface area contributed by atoms with Gasteiger partial charge in [0.1, 0.15) is 6.61 Å². The first-order chi connectivity index (χ1) is 11.9. The van der Waals surface area contributed by atoms with Crippen LogP contribution in [-0.4, -0.2) is 35.4 Å². The van der Waals surface area contributed by atoms with E-state index in [4.69, 9.17) is 9.84 Å². The van der Waals surface area contributed by atoms with Crippen molar-refractivity contribution < 1.29 is 24.5 Å². The molecule has 2 N–H and O–H groups in total. The summed E-state index contributed by atoms with van der Waals surface area (Å²) in [6.45, 7) is 4.27. The zero-order valence-corrected chi connectivity index (χ0v) is 15.1. The van der Waals surface area contributed by atoms with Crippen molar-refractivity contribution in [1.82, 2.24) is 0 Å². The lowest BCUT2D eigenvalue weighted by Gasteiger charge is -2.03. The van der Waals surface area contributed by atoms with Gasteiger partial charge in [-0.3, -0.25) is 0 Å². The highest BCUT2D eigenvalue weighted by Crippen LogP contribution is 2.16. The second-order valence-corrected chi connectivity index (χ2v) is 6.32. The van der Waals surface area contributed by atoms with E-state index in [1.807, 2.05) is 19.9 Å². The van der Waals surface area contributed by atoms with E-state index in [1.54, 1.807) is 12.2 Å². The summed E-state index contributed by atoms with van der Waals surface area (Å²) in [6.07, 6.45) is 11.6. The molecule has 0 aromatic carbocycles. The summed E-state index contributed by atoms with van der Waals surface area (Å²) in [5.41, 5.74) is 3.51. The van der Waals surface area contributed by atoms with Crippen LogP contribution >= 0.6 is 0 Å². The Bertz CT molecular complexity index is 593. The third-order valence-electron chi connectivity index (χ3n) is 4.04. The molecule has 0 amide bonds. The van der Waals surface area contributed by atoms with Gasteiger partial charge >= 0.3 is 11.9 Å². The second-order valence-electron chi connectivity index (χ2n) is 6.32. The van der Waals surface area contributed by atoms with Crippen LogP contribution in [0.1, 0.15) is 52.4 Å². The molecule has 1 aliphatic heterocycles. The molecule has 5 heteroatoms. The number of carbonyl (C=O) groups excluding carboxylic acids is 1. The number of allylic oxidation sites excluding steroid dienone is 4. The van der Waals surface area contributed by atoms with Gasteiger partial charge in [-0.15, -0.1) is 0 Å². The number of esters is 1. The zero-order valence-electron chi connectivity index (χ0n) is 15.1. The van der Waals surface area contributed by atoms with Crippen LogP contribution < -0.4 is 0 Å². The predicted molar refractivity (Wildman–Crippen MR) is 97.1 cm³/mol. The Morgan fingerprint density at radius 2 is 1.80 bits per heavy atom. The largest absolute Gasteiger partial charge is 0.478 e. The number of aliphatic hydroxyl groups excluding tert-OH is 1. The Labute approximate surface area is 149 Å². The molecule has 0 radical (unpaired) electrons. The number of aliphatic hydroxyl groups is 1. The smallest absolute Gasteiger partial charge is 0.331 e. The van der Waals surface area contributed by atoms with Gasteiger partial charge in [-0.25, -0.2) is 9.59 Å². The fourth-order valence-electron chi connectivity index (χ4n) is 2.47. The van der Waals surface area contributed by atoms with E-state index in [-0.39, 0.29) is 12.6 Å². The van der Waals surface area contributed by atoms with Crippen molar-refractivity contribution in [2.75, 3.05) is 13.2 Å². The standard InChI is InChI=1S/C20H28O5/c1-15(6-3-9-17-12-19(22)25-14-17)7-4-10-18(20(23)24)11-5-8-16(2)13-21/h6,8,10,12,21H,3-5,7,9,11,13-14H2,1-2H3,(H,23,24)/b15-6+,16-8-,18-10+. The molecular formula is C20H28O5. The summed E-state index contributed by atoms with van der Waals surface area (Å²) in [5, 5.41) is 18.2. The topological polar surface area (TPSA) is 83.8 Å². The van der Waals surface area contributed by atoms with Crippen LogP contribution in [-0.2, 0) is 14.3 Å². The Morgan fingerprint density at radius 1 is 1.12 bits per heavy atom. The Morgan fingerprint density at radius 3 is 2.40 bits per heavy atom. The summed E-state index contributed by atoms with van der Waals surface area (Å²) >= 11 is 0. The molecule has 0 unspecified atom stereocenters. The van der Waals surface area contributed by atoms with E-state index in [9.17, 15) is 14.7 Å². The molecule has 138 valence electrons.